The Balaban J connectivity index is 0.00000338. The SMILES string of the molecule is COc1cccc(CNC[C@@H](O)[C@H](Cc2ccccc2)NC(=O)O)c1.Cl. The number of nitrogens with one attached hydrogen (secondary N) is 2. The third-order valence-electron chi connectivity index (χ3n) is 3.89. The quantitative estimate of drug-likeness (QED) is 0.536. The van der Waals surface area contributed by atoms with E-state index in [2.05, 4.69) is 10.6 Å². The standard InChI is InChI=1S/C19H24N2O4.ClH/c1-25-16-9-5-8-15(10-16)12-20-13-18(22)17(21-19(23)24)11-14-6-3-2-4-7-14;/h2-10,17-18,20-22H,11-13H2,1H3,(H,23,24);1H/t17-,18+;/m0./s1. The third-order valence-corrected chi connectivity index (χ3v) is 3.89. The van der Waals surface area contributed by atoms with Crippen LogP contribution in [0.3, 0.4) is 0 Å². The highest BCUT2D eigenvalue weighted by molar-refractivity contribution is 5.85. The van der Waals surface area contributed by atoms with Crippen molar-refractivity contribution in [2.75, 3.05) is 13.7 Å². The van der Waals surface area contributed by atoms with Crippen LogP contribution >= 0.6 is 12.4 Å². The van der Waals surface area contributed by atoms with Gasteiger partial charge in [-0.05, 0) is 29.7 Å². The molecule has 6 nitrogen and oxygen atoms in total. The van der Waals surface area contributed by atoms with Gasteiger partial charge >= 0.3 is 6.09 Å². The lowest BCUT2D eigenvalue weighted by Crippen LogP contribution is -2.48. The molecule has 2 aromatic rings. The first-order valence-corrected chi connectivity index (χ1v) is 8.13. The van der Waals surface area contributed by atoms with Gasteiger partial charge in [-0.3, -0.25) is 0 Å². The Hall–Kier alpha value is -2.28. The molecule has 0 saturated heterocycles. The summed E-state index contributed by atoms with van der Waals surface area (Å²) in [6, 6.07) is 16.5. The van der Waals surface area contributed by atoms with Crippen molar-refractivity contribution in [3.63, 3.8) is 0 Å². The van der Waals surface area contributed by atoms with E-state index in [0.29, 0.717) is 13.0 Å². The van der Waals surface area contributed by atoms with Crippen molar-refractivity contribution < 1.29 is 19.7 Å². The van der Waals surface area contributed by atoms with Crippen LogP contribution in [-0.2, 0) is 13.0 Å². The molecule has 7 heteroatoms. The minimum atomic E-state index is -1.15. The number of ether oxygens (including phenoxy) is 1. The molecule has 0 heterocycles. The number of methoxy groups -OCH3 is 1. The van der Waals surface area contributed by atoms with Gasteiger partial charge in [0.25, 0.3) is 0 Å². The fourth-order valence-electron chi connectivity index (χ4n) is 2.60. The number of amides is 1. The average Bonchev–Trinajstić information content (AvgIpc) is 2.62. The van der Waals surface area contributed by atoms with Crippen molar-refractivity contribution in [2.24, 2.45) is 0 Å². The molecule has 142 valence electrons. The summed E-state index contributed by atoms with van der Waals surface area (Å²) in [4.78, 5) is 11.0. The molecule has 0 saturated carbocycles. The molecular weight excluding hydrogens is 356 g/mol. The predicted molar refractivity (Wildman–Crippen MR) is 103 cm³/mol. The van der Waals surface area contributed by atoms with E-state index < -0.39 is 18.2 Å². The lowest BCUT2D eigenvalue weighted by atomic mass is 10.0. The van der Waals surface area contributed by atoms with Gasteiger partial charge in [0, 0.05) is 13.1 Å². The van der Waals surface area contributed by atoms with Gasteiger partial charge < -0.3 is 25.6 Å². The van der Waals surface area contributed by atoms with Crippen molar-refractivity contribution in [1.82, 2.24) is 10.6 Å². The van der Waals surface area contributed by atoms with Crippen LogP contribution in [0.1, 0.15) is 11.1 Å². The smallest absolute Gasteiger partial charge is 0.404 e. The number of halogens is 1. The van der Waals surface area contributed by atoms with E-state index in [0.717, 1.165) is 16.9 Å². The van der Waals surface area contributed by atoms with E-state index in [-0.39, 0.29) is 19.0 Å². The van der Waals surface area contributed by atoms with Crippen LogP contribution in [0.5, 0.6) is 5.75 Å². The Morgan fingerprint density at radius 3 is 2.46 bits per heavy atom. The number of hydrogen-bond acceptors (Lipinski definition) is 4. The van der Waals surface area contributed by atoms with Crippen molar-refractivity contribution in [3.8, 4) is 5.75 Å². The second-order valence-corrected chi connectivity index (χ2v) is 5.80. The van der Waals surface area contributed by atoms with Crippen LogP contribution < -0.4 is 15.4 Å². The number of carboxylic acid groups (broad SMARTS) is 1. The van der Waals surface area contributed by atoms with Gasteiger partial charge in [0.2, 0.25) is 0 Å². The first kappa shape index (κ1) is 21.8. The zero-order valence-electron chi connectivity index (χ0n) is 14.6. The van der Waals surface area contributed by atoms with E-state index in [4.69, 9.17) is 9.84 Å². The number of carbonyl (C=O) groups is 1. The molecule has 2 atom stereocenters. The minimum absolute atomic E-state index is 0. The summed E-state index contributed by atoms with van der Waals surface area (Å²) in [5, 5.41) is 25.0. The van der Waals surface area contributed by atoms with Gasteiger partial charge in [-0.1, -0.05) is 42.5 Å². The Morgan fingerprint density at radius 2 is 1.81 bits per heavy atom. The van der Waals surface area contributed by atoms with Crippen molar-refractivity contribution in [3.05, 3.63) is 65.7 Å². The fourth-order valence-corrected chi connectivity index (χ4v) is 2.60. The van der Waals surface area contributed by atoms with Crippen LogP contribution in [0.15, 0.2) is 54.6 Å². The molecule has 2 aromatic carbocycles. The molecule has 0 fully saturated rings. The number of aliphatic hydroxyl groups is 1. The predicted octanol–water partition coefficient (Wildman–Crippen LogP) is 2.45. The van der Waals surface area contributed by atoms with Crippen molar-refractivity contribution in [1.29, 1.82) is 0 Å². The van der Waals surface area contributed by atoms with Crippen LogP contribution in [-0.4, -0.2) is 42.1 Å². The first-order valence-electron chi connectivity index (χ1n) is 8.13. The Bertz CT molecular complexity index is 670. The molecule has 26 heavy (non-hydrogen) atoms. The lowest BCUT2D eigenvalue weighted by molar-refractivity contribution is 0.117. The van der Waals surface area contributed by atoms with E-state index in [1.54, 1.807) is 7.11 Å². The second kappa shape index (κ2) is 11.4. The van der Waals surface area contributed by atoms with Gasteiger partial charge in [-0.2, -0.15) is 0 Å². The highest BCUT2D eigenvalue weighted by atomic mass is 35.5. The molecule has 0 bridgehead atoms. The Kier molecular flexibility index (Phi) is 9.51. The molecule has 0 aliphatic carbocycles. The topological polar surface area (TPSA) is 90.8 Å². The summed E-state index contributed by atoms with van der Waals surface area (Å²) in [6.45, 7) is 0.828. The first-order chi connectivity index (χ1) is 12.1. The van der Waals surface area contributed by atoms with E-state index >= 15 is 0 Å². The number of hydrogen-bond donors (Lipinski definition) is 4. The highest BCUT2D eigenvalue weighted by Gasteiger charge is 2.21. The molecule has 0 radical (unpaired) electrons. The van der Waals surface area contributed by atoms with Crippen molar-refractivity contribution >= 4 is 18.5 Å². The fraction of sp³-hybridized carbons (Fsp3) is 0.316. The summed E-state index contributed by atoms with van der Waals surface area (Å²) in [5.41, 5.74) is 1.99. The van der Waals surface area contributed by atoms with Crippen LogP contribution in [0.4, 0.5) is 4.79 Å². The third kappa shape index (κ3) is 7.31. The van der Waals surface area contributed by atoms with Gasteiger partial charge in [0.15, 0.2) is 0 Å². The molecule has 0 unspecified atom stereocenters. The highest BCUT2D eigenvalue weighted by Crippen LogP contribution is 2.12. The summed E-state index contributed by atoms with van der Waals surface area (Å²) in [7, 11) is 1.61. The van der Waals surface area contributed by atoms with Crippen molar-refractivity contribution in [2.45, 2.75) is 25.1 Å². The maximum Gasteiger partial charge on any atom is 0.404 e. The summed E-state index contributed by atoms with van der Waals surface area (Å²) >= 11 is 0. The van der Waals surface area contributed by atoms with E-state index in [9.17, 15) is 9.90 Å². The normalized spacial score (nSPS) is 12.5. The summed E-state index contributed by atoms with van der Waals surface area (Å²) in [5.74, 6) is 0.773. The molecule has 4 N–H and O–H groups in total. The molecule has 2 rings (SSSR count). The second-order valence-electron chi connectivity index (χ2n) is 5.80. The van der Waals surface area contributed by atoms with Crippen LogP contribution in [0, 0.1) is 0 Å². The van der Waals surface area contributed by atoms with Gasteiger partial charge in [0.05, 0.1) is 19.3 Å². The molecule has 1 amide bonds. The molecule has 0 spiro atoms. The van der Waals surface area contributed by atoms with Gasteiger partial charge in [-0.15, -0.1) is 12.4 Å². The summed E-state index contributed by atoms with van der Waals surface area (Å²) < 4.78 is 5.18. The molecule has 0 aromatic heterocycles. The molecule has 0 aliphatic heterocycles. The largest absolute Gasteiger partial charge is 0.497 e. The zero-order chi connectivity index (χ0) is 18.1. The number of benzene rings is 2. The Morgan fingerprint density at radius 1 is 1.12 bits per heavy atom. The number of aliphatic hydroxyl groups excluding tert-OH is 1. The monoisotopic (exact) mass is 380 g/mol. The summed E-state index contributed by atoms with van der Waals surface area (Å²) in [6.07, 6.45) is -1.57. The van der Waals surface area contributed by atoms with Crippen LogP contribution in [0.25, 0.3) is 0 Å². The Labute approximate surface area is 159 Å². The minimum Gasteiger partial charge on any atom is -0.497 e. The zero-order valence-corrected chi connectivity index (χ0v) is 15.4. The lowest BCUT2D eigenvalue weighted by Gasteiger charge is -2.23. The maximum absolute atomic E-state index is 11.0. The maximum atomic E-state index is 11.0. The van der Waals surface area contributed by atoms with Gasteiger partial charge in [0.1, 0.15) is 5.75 Å². The van der Waals surface area contributed by atoms with E-state index in [1.807, 2.05) is 54.6 Å². The van der Waals surface area contributed by atoms with E-state index in [1.165, 1.54) is 0 Å². The molecule has 0 aliphatic rings. The average molecular weight is 381 g/mol. The molecular formula is C19H25ClN2O4. The number of rotatable bonds is 9. The van der Waals surface area contributed by atoms with Crippen LogP contribution in [0.2, 0.25) is 0 Å². The van der Waals surface area contributed by atoms with Gasteiger partial charge in [-0.25, -0.2) is 4.79 Å².